The summed E-state index contributed by atoms with van der Waals surface area (Å²) in [5.41, 5.74) is 3.43. The van der Waals surface area contributed by atoms with Crippen molar-refractivity contribution in [2.45, 2.75) is 19.3 Å². The summed E-state index contributed by atoms with van der Waals surface area (Å²) in [5.74, 6) is 1.65. The molecule has 0 N–H and O–H groups in total. The monoisotopic (exact) mass is 408 g/mol. The fourth-order valence-corrected chi connectivity index (χ4v) is 3.58. The molecule has 3 heterocycles. The molecular formula is C21H17ClN4O3. The average molecular weight is 409 g/mol. The first-order valence-electron chi connectivity index (χ1n) is 9.11. The first-order valence-corrected chi connectivity index (χ1v) is 9.48. The minimum Gasteiger partial charge on any atom is -0.497 e. The highest BCUT2D eigenvalue weighted by molar-refractivity contribution is 6.30. The van der Waals surface area contributed by atoms with Crippen molar-refractivity contribution in [2.24, 2.45) is 0 Å². The summed E-state index contributed by atoms with van der Waals surface area (Å²) in [7, 11) is 1.65. The molecule has 8 heteroatoms. The van der Waals surface area contributed by atoms with Gasteiger partial charge in [0, 0.05) is 10.6 Å². The molecule has 0 fully saturated rings. The number of imidazole rings is 1. The van der Waals surface area contributed by atoms with Gasteiger partial charge in [-0.3, -0.25) is 0 Å². The Balaban J connectivity index is 1.39. The Bertz CT molecular complexity index is 1150. The van der Waals surface area contributed by atoms with E-state index in [0.717, 1.165) is 22.6 Å². The first kappa shape index (κ1) is 17.9. The molecule has 7 nitrogen and oxygen atoms in total. The number of benzene rings is 2. The Hall–Kier alpha value is -3.16. The minimum atomic E-state index is -0.0554. The first-order chi connectivity index (χ1) is 14.2. The highest BCUT2D eigenvalue weighted by atomic mass is 35.5. The van der Waals surface area contributed by atoms with Gasteiger partial charge in [-0.2, -0.15) is 4.98 Å². The molecule has 0 aliphatic carbocycles. The fourth-order valence-electron chi connectivity index (χ4n) is 3.39. The van der Waals surface area contributed by atoms with Crippen molar-refractivity contribution >= 4 is 11.6 Å². The molecule has 1 aliphatic heterocycles. The van der Waals surface area contributed by atoms with Crippen LogP contribution >= 0.6 is 11.6 Å². The Morgan fingerprint density at radius 1 is 1.17 bits per heavy atom. The second kappa shape index (κ2) is 7.35. The lowest BCUT2D eigenvalue weighted by atomic mass is 10.1. The van der Waals surface area contributed by atoms with Crippen molar-refractivity contribution in [1.82, 2.24) is 19.7 Å². The molecule has 0 radical (unpaired) electrons. The van der Waals surface area contributed by atoms with Crippen LogP contribution in [0.2, 0.25) is 5.02 Å². The van der Waals surface area contributed by atoms with Crippen molar-refractivity contribution < 1.29 is 14.0 Å². The number of ether oxygens (including phenoxy) is 2. The largest absolute Gasteiger partial charge is 0.497 e. The minimum absolute atomic E-state index is 0.0554. The summed E-state index contributed by atoms with van der Waals surface area (Å²) in [5, 5.41) is 4.68. The quantitative estimate of drug-likeness (QED) is 0.493. The van der Waals surface area contributed by atoms with E-state index in [1.54, 1.807) is 25.6 Å². The Kier molecular flexibility index (Phi) is 4.54. The summed E-state index contributed by atoms with van der Waals surface area (Å²) in [6.45, 7) is 1.06. The van der Waals surface area contributed by atoms with Gasteiger partial charge >= 0.3 is 0 Å². The highest BCUT2D eigenvalue weighted by Crippen LogP contribution is 2.32. The summed E-state index contributed by atoms with van der Waals surface area (Å²) in [6.07, 6.45) is 1.73. The molecule has 0 spiro atoms. The maximum Gasteiger partial charge on any atom is 0.278 e. The molecule has 0 saturated carbocycles. The predicted octanol–water partition coefficient (Wildman–Crippen LogP) is 4.53. The SMILES string of the molecule is COc1ccc([C@@H]2Cn3cnc(-c4nc(-c5cccc(Cl)c5)no4)c3CO2)cc1. The smallest absolute Gasteiger partial charge is 0.278 e. The molecule has 2 aromatic carbocycles. The van der Waals surface area contributed by atoms with Crippen LogP contribution in [-0.4, -0.2) is 26.8 Å². The molecule has 146 valence electrons. The number of methoxy groups -OCH3 is 1. The number of hydrogen-bond donors (Lipinski definition) is 0. The van der Waals surface area contributed by atoms with E-state index in [-0.39, 0.29) is 6.10 Å². The normalized spacial score (nSPS) is 15.9. The number of halogens is 1. The molecule has 1 atom stereocenters. The van der Waals surface area contributed by atoms with E-state index < -0.39 is 0 Å². The molecule has 0 unspecified atom stereocenters. The van der Waals surface area contributed by atoms with Crippen molar-refractivity contribution in [1.29, 1.82) is 0 Å². The van der Waals surface area contributed by atoms with E-state index in [1.165, 1.54) is 0 Å². The number of hydrogen-bond acceptors (Lipinski definition) is 6. The zero-order chi connectivity index (χ0) is 19.8. The van der Waals surface area contributed by atoms with Crippen LogP contribution in [0.1, 0.15) is 17.4 Å². The van der Waals surface area contributed by atoms with Crippen molar-refractivity contribution in [3.63, 3.8) is 0 Å². The summed E-state index contributed by atoms with van der Waals surface area (Å²) < 4.78 is 18.8. The van der Waals surface area contributed by atoms with Gasteiger partial charge in [0.05, 0.1) is 32.3 Å². The average Bonchev–Trinajstić information content (AvgIpc) is 3.40. The molecule has 29 heavy (non-hydrogen) atoms. The highest BCUT2D eigenvalue weighted by Gasteiger charge is 2.26. The Morgan fingerprint density at radius 2 is 2.03 bits per heavy atom. The van der Waals surface area contributed by atoms with Crippen LogP contribution in [0.5, 0.6) is 5.75 Å². The van der Waals surface area contributed by atoms with Crippen molar-refractivity contribution in [3.8, 4) is 28.7 Å². The van der Waals surface area contributed by atoms with Gasteiger partial charge in [0.1, 0.15) is 11.9 Å². The van der Waals surface area contributed by atoms with E-state index in [2.05, 4.69) is 19.7 Å². The van der Waals surface area contributed by atoms with Crippen molar-refractivity contribution in [3.05, 3.63) is 71.1 Å². The van der Waals surface area contributed by atoms with E-state index >= 15 is 0 Å². The van der Waals surface area contributed by atoms with E-state index in [1.807, 2.05) is 36.4 Å². The maximum atomic E-state index is 6.08. The number of aromatic nitrogens is 4. The number of nitrogens with zero attached hydrogens (tertiary/aromatic N) is 4. The van der Waals surface area contributed by atoms with Gasteiger partial charge in [-0.25, -0.2) is 4.98 Å². The number of rotatable bonds is 4. The van der Waals surface area contributed by atoms with Crippen LogP contribution in [0.25, 0.3) is 23.0 Å². The molecule has 1 aliphatic rings. The lowest BCUT2D eigenvalue weighted by Crippen LogP contribution is -2.20. The topological polar surface area (TPSA) is 75.2 Å². The summed E-state index contributed by atoms with van der Waals surface area (Å²) in [6, 6.07) is 15.2. The third-order valence-electron chi connectivity index (χ3n) is 4.93. The van der Waals surface area contributed by atoms with Gasteiger partial charge in [0.25, 0.3) is 5.89 Å². The lowest BCUT2D eigenvalue weighted by molar-refractivity contribution is 0.00328. The van der Waals surface area contributed by atoms with Crippen LogP contribution in [0, 0.1) is 0 Å². The molecule has 2 aromatic heterocycles. The van der Waals surface area contributed by atoms with Gasteiger partial charge in [-0.1, -0.05) is 41.0 Å². The van der Waals surface area contributed by atoms with E-state index in [9.17, 15) is 0 Å². The zero-order valence-corrected chi connectivity index (χ0v) is 16.3. The standard InChI is InChI=1S/C21H17ClN4O3/c1-27-16-7-5-13(6-8-16)18-10-26-12-23-19(17(26)11-28-18)21-24-20(25-29-21)14-3-2-4-15(22)9-14/h2-9,12,18H,10-11H2,1H3/t18-/m0/s1. The van der Waals surface area contributed by atoms with Gasteiger partial charge in [0.2, 0.25) is 5.82 Å². The molecule has 0 amide bonds. The maximum absolute atomic E-state index is 6.08. The van der Waals surface area contributed by atoms with Gasteiger partial charge in [0.15, 0.2) is 5.69 Å². The van der Waals surface area contributed by atoms with Crippen LogP contribution in [0.4, 0.5) is 0 Å². The molecular weight excluding hydrogens is 392 g/mol. The fraction of sp³-hybridized carbons (Fsp3) is 0.190. The predicted molar refractivity (Wildman–Crippen MR) is 106 cm³/mol. The lowest BCUT2D eigenvalue weighted by Gasteiger charge is -2.25. The Morgan fingerprint density at radius 3 is 2.83 bits per heavy atom. The molecule has 4 aromatic rings. The van der Waals surface area contributed by atoms with Crippen LogP contribution in [0.15, 0.2) is 59.4 Å². The van der Waals surface area contributed by atoms with Crippen LogP contribution < -0.4 is 4.74 Å². The van der Waals surface area contributed by atoms with Gasteiger partial charge < -0.3 is 18.6 Å². The molecule has 5 rings (SSSR count). The third kappa shape index (κ3) is 3.39. The third-order valence-corrected chi connectivity index (χ3v) is 5.16. The second-order valence-corrected chi connectivity index (χ2v) is 7.13. The summed E-state index contributed by atoms with van der Waals surface area (Å²) >= 11 is 6.05. The van der Waals surface area contributed by atoms with Gasteiger partial charge in [-0.15, -0.1) is 0 Å². The Labute approximate surface area is 171 Å². The zero-order valence-electron chi connectivity index (χ0n) is 15.6. The van der Waals surface area contributed by atoms with Crippen LogP contribution in [-0.2, 0) is 17.9 Å². The van der Waals surface area contributed by atoms with Crippen LogP contribution in [0.3, 0.4) is 0 Å². The van der Waals surface area contributed by atoms with Gasteiger partial charge in [-0.05, 0) is 29.8 Å². The summed E-state index contributed by atoms with van der Waals surface area (Å²) in [4.78, 5) is 8.98. The number of fused-ring (bicyclic) bond motifs is 1. The van der Waals surface area contributed by atoms with E-state index in [0.29, 0.717) is 35.6 Å². The van der Waals surface area contributed by atoms with Crippen molar-refractivity contribution in [2.75, 3.05) is 7.11 Å². The molecule has 0 bridgehead atoms. The van der Waals surface area contributed by atoms with E-state index in [4.69, 9.17) is 25.6 Å². The molecule has 0 saturated heterocycles. The second-order valence-electron chi connectivity index (χ2n) is 6.70.